The van der Waals surface area contributed by atoms with E-state index in [1.54, 1.807) is 6.21 Å². The number of ether oxygens (including phenoxy) is 1. The molecule has 0 aliphatic rings. The molecule has 0 radical (unpaired) electrons. The van der Waals surface area contributed by atoms with E-state index in [-0.39, 0.29) is 11.7 Å². The van der Waals surface area contributed by atoms with Crippen LogP contribution in [0, 0.1) is 0 Å². The average Bonchev–Trinajstić information content (AvgIpc) is 3.36. The van der Waals surface area contributed by atoms with Crippen LogP contribution in [0.3, 0.4) is 0 Å². The summed E-state index contributed by atoms with van der Waals surface area (Å²) in [6.07, 6.45) is 5.00. The van der Waals surface area contributed by atoms with Crippen LogP contribution in [-0.2, 0) is 4.79 Å². The molecule has 4 rings (SSSR count). The quantitative estimate of drug-likeness (QED) is 0.0898. The van der Waals surface area contributed by atoms with Gasteiger partial charge in [-0.2, -0.15) is 5.10 Å². The molecule has 0 atom stereocenters. The van der Waals surface area contributed by atoms with Crippen molar-refractivity contribution in [3.05, 3.63) is 88.9 Å². The summed E-state index contributed by atoms with van der Waals surface area (Å²) in [4.78, 5) is 12.5. The van der Waals surface area contributed by atoms with Crippen molar-refractivity contribution in [1.82, 2.24) is 20.2 Å². The van der Waals surface area contributed by atoms with E-state index in [0.717, 1.165) is 40.1 Å². The molecule has 0 unspecified atom stereocenters. The molecule has 0 bridgehead atoms. The number of amides is 1. The number of hydrogen-bond donors (Lipinski definition) is 1. The number of rotatable bonds is 12. The van der Waals surface area contributed by atoms with Crippen molar-refractivity contribution in [2.45, 2.75) is 31.3 Å². The standard InChI is InChI=1S/C28H28BrN5O2S/c1-2-3-7-18-36-25-16-10-21(11-17-25)19-30-31-26(35)20-37-28-33-32-27(22-8-5-4-6-9-22)34(28)24-14-12-23(29)13-15-24/h4-6,8-17,19H,2-3,7,18,20H2,1H3,(H,31,35). The first-order chi connectivity index (χ1) is 18.1. The van der Waals surface area contributed by atoms with Gasteiger partial charge in [0.05, 0.1) is 18.6 Å². The second-order valence-corrected chi connectivity index (χ2v) is 10.0. The molecule has 1 amide bonds. The van der Waals surface area contributed by atoms with Gasteiger partial charge in [-0.3, -0.25) is 9.36 Å². The maximum atomic E-state index is 12.5. The summed E-state index contributed by atoms with van der Waals surface area (Å²) in [5, 5.41) is 13.5. The van der Waals surface area contributed by atoms with Crippen LogP contribution in [0.1, 0.15) is 31.7 Å². The molecule has 0 saturated carbocycles. The number of nitrogens with zero attached hydrogens (tertiary/aromatic N) is 4. The summed E-state index contributed by atoms with van der Waals surface area (Å²) in [6.45, 7) is 2.89. The lowest BCUT2D eigenvalue weighted by Crippen LogP contribution is -2.20. The highest BCUT2D eigenvalue weighted by Gasteiger charge is 2.17. The van der Waals surface area contributed by atoms with Crippen molar-refractivity contribution >= 4 is 39.8 Å². The second kappa shape index (κ2) is 13.8. The zero-order valence-electron chi connectivity index (χ0n) is 20.5. The minimum Gasteiger partial charge on any atom is -0.494 e. The van der Waals surface area contributed by atoms with Crippen molar-refractivity contribution in [3.8, 4) is 22.8 Å². The van der Waals surface area contributed by atoms with Gasteiger partial charge < -0.3 is 4.74 Å². The normalized spacial score (nSPS) is 11.1. The van der Waals surface area contributed by atoms with Crippen LogP contribution in [0.4, 0.5) is 0 Å². The number of aromatic nitrogens is 3. The van der Waals surface area contributed by atoms with Crippen molar-refractivity contribution in [1.29, 1.82) is 0 Å². The van der Waals surface area contributed by atoms with E-state index in [1.165, 1.54) is 24.6 Å². The van der Waals surface area contributed by atoms with Crippen LogP contribution in [-0.4, -0.2) is 39.2 Å². The topological polar surface area (TPSA) is 81.4 Å². The molecule has 1 heterocycles. The molecule has 37 heavy (non-hydrogen) atoms. The summed E-state index contributed by atoms with van der Waals surface area (Å²) in [6, 6.07) is 25.4. The summed E-state index contributed by atoms with van der Waals surface area (Å²) >= 11 is 4.79. The summed E-state index contributed by atoms with van der Waals surface area (Å²) in [5.74, 6) is 1.45. The fourth-order valence-corrected chi connectivity index (χ4v) is 4.50. The largest absolute Gasteiger partial charge is 0.494 e. The monoisotopic (exact) mass is 577 g/mol. The van der Waals surface area contributed by atoms with Gasteiger partial charge in [-0.25, -0.2) is 5.43 Å². The molecule has 7 nitrogen and oxygen atoms in total. The van der Waals surface area contributed by atoms with E-state index in [4.69, 9.17) is 4.74 Å². The third-order valence-electron chi connectivity index (χ3n) is 5.38. The molecule has 0 spiro atoms. The molecule has 0 saturated heterocycles. The number of carbonyl (C=O) groups excluding carboxylic acids is 1. The fourth-order valence-electron chi connectivity index (χ4n) is 3.49. The van der Waals surface area contributed by atoms with Gasteiger partial charge in [-0.1, -0.05) is 77.8 Å². The van der Waals surface area contributed by atoms with Crippen LogP contribution in [0.5, 0.6) is 5.75 Å². The smallest absolute Gasteiger partial charge is 0.250 e. The van der Waals surface area contributed by atoms with Gasteiger partial charge in [-0.15, -0.1) is 10.2 Å². The number of nitrogens with one attached hydrogen (secondary N) is 1. The first kappa shape index (κ1) is 26.6. The van der Waals surface area contributed by atoms with Crippen molar-refractivity contribution < 1.29 is 9.53 Å². The maximum absolute atomic E-state index is 12.5. The van der Waals surface area contributed by atoms with E-state index >= 15 is 0 Å². The number of halogens is 1. The van der Waals surface area contributed by atoms with E-state index in [2.05, 4.69) is 43.6 Å². The lowest BCUT2D eigenvalue weighted by Gasteiger charge is -2.10. The van der Waals surface area contributed by atoms with Crippen LogP contribution in [0.2, 0.25) is 0 Å². The molecular formula is C28H28BrN5O2S. The number of unbranched alkanes of at least 4 members (excludes halogenated alkanes) is 2. The Kier molecular flexibility index (Phi) is 9.90. The van der Waals surface area contributed by atoms with Gasteiger partial charge in [0.1, 0.15) is 5.75 Å². The fraction of sp³-hybridized carbons (Fsp3) is 0.214. The highest BCUT2D eigenvalue weighted by molar-refractivity contribution is 9.10. The predicted octanol–water partition coefficient (Wildman–Crippen LogP) is 6.51. The van der Waals surface area contributed by atoms with Crippen molar-refractivity contribution in [2.75, 3.05) is 12.4 Å². The minimum absolute atomic E-state index is 0.144. The Morgan fingerprint density at radius 2 is 1.78 bits per heavy atom. The van der Waals surface area contributed by atoms with Gasteiger partial charge in [0.15, 0.2) is 11.0 Å². The SMILES string of the molecule is CCCCCOc1ccc(C=NNC(=O)CSc2nnc(-c3ccccc3)n2-c2ccc(Br)cc2)cc1. The van der Waals surface area contributed by atoms with Gasteiger partial charge in [0.25, 0.3) is 5.91 Å². The molecular weight excluding hydrogens is 550 g/mol. The first-order valence-electron chi connectivity index (χ1n) is 12.1. The summed E-state index contributed by atoms with van der Waals surface area (Å²) in [7, 11) is 0. The van der Waals surface area contributed by atoms with Gasteiger partial charge >= 0.3 is 0 Å². The third kappa shape index (κ3) is 7.77. The molecule has 1 N–H and O–H groups in total. The van der Waals surface area contributed by atoms with Crippen LogP contribution >= 0.6 is 27.7 Å². The van der Waals surface area contributed by atoms with Gasteiger partial charge in [0, 0.05) is 15.7 Å². The average molecular weight is 579 g/mol. The maximum Gasteiger partial charge on any atom is 0.250 e. The van der Waals surface area contributed by atoms with E-state index in [0.29, 0.717) is 11.0 Å². The van der Waals surface area contributed by atoms with E-state index < -0.39 is 0 Å². The lowest BCUT2D eigenvalue weighted by atomic mass is 10.2. The first-order valence-corrected chi connectivity index (χ1v) is 13.9. The molecule has 3 aromatic carbocycles. The Labute approximate surface area is 229 Å². The van der Waals surface area contributed by atoms with Crippen LogP contribution < -0.4 is 10.2 Å². The molecule has 1 aromatic heterocycles. The minimum atomic E-state index is -0.233. The number of hydrogen-bond acceptors (Lipinski definition) is 6. The van der Waals surface area contributed by atoms with Gasteiger partial charge in [0.2, 0.25) is 0 Å². The van der Waals surface area contributed by atoms with Crippen molar-refractivity contribution in [3.63, 3.8) is 0 Å². The molecule has 9 heteroatoms. The van der Waals surface area contributed by atoms with E-state index in [9.17, 15) is 4.79 Å². The summed E-state index contributed by atoms with van der Waals surface area (Å²) < 4.78 is 8.66. The molecule has 4 aromatic rings. The van der Waals surface area contributed by atoms with Crippen LogP contribution in [0.25, 0.3) is 17.1 Å². The highest BCUT2D eigenvalue weighted by Crippen LogP contribution is 2.28. The number of benzene rings is 3. The Bertz CT molecular complexity index is 1310. The Hall–Kier alpha value is -3.43. The number of hydrazone groups is 1. The highest BCUT2D eigenvalue weighted by atomic mass is 79.9. The Balaban J connectivity index is 1.36. The van der Waals surface area contributed by atoms with Crippen LogP contribution in [0.15, 0.2) is 93.6 Å². The number of carbonyl (C=O) groups is 1. The Morgan fingerprint density at radius 1 is 1.03 bits per heavy atom. The van der Waals surface area contributed by atoms with Gasteiger partial charge in [-0.05, 0) is 60.5 Å². The van der Waals surface area contributed by atoms with Crippen molar-refractivity contribution in [2.24, 2.45) is 5.10 Å². The molecule has 0 aliphatic carbocycles. The Morgan fingerprint density at radius 3 is 2.51 bits per heavy atom. The second-order valence-electron chi connectivity index (χ2n) is 8.19. The lowest BCUT2D eigenvalue weighted by molar-refractivity contribution is -0.118. The molecule has 190 valence electrons. The summed E-state index contributed by atoms with van der Waals surface area (Å²) in [5.41, 5.74) is 5.30. The van der Waals surface area contributed by atoms with E-state index in [1.807, 2.05) is 83.4 Å². The zero-order valence-corrected chi connectivity index (χ0v) is 22.9. The third-order valence-corrected chi connectivity index (χ3v) is 6.84. The number of thioether (sulfide) groups is 1. The molecule has 0 fully saturated rings. The zero-order chi connectivity index (χ0) is 25.9. The molecule has 0 aliphatic heterocycles. The predicted molar refractivity (Wildman–Crippen MR) is 152 cm³/mol.